The van der Waals surface area contributed by atoms with Crippen LogP contribution in [0.1, 0.15) is 73.1 Å². The first-order chi connectivity index (χ1) is 26.2. The Labute approximate surface area is 316 Å². The summed E-state index contributed by atoms with van der Waals surface area (Å²) in [6.45, 7) is 13.5. The lowest BCUT2D eigenvalue weighted by Crippen LogP contribution is -2.37. The van der Waals surface area contributed by atoms with Crippen LogP contribution in [0.3, 0.4) is 0 Å². The van der Waals surface area contributed by atoms with Crippen molar-refractivity contribution in [2.45, 2.75) is 65.5 Å². The van der Waals surface area contributed by atoms with Crippen LogP contribution in [0.15, 0.2) is 48.5 Å². The van der Waals surface area contributed by atoms with E-state index in [2.05, 4.69) is 24.1 Å². The largest absolute Gasteiger partial charge is 0.493 e. The number of hydrogen-bond donors (Lipinski definition) is 2. The molecule has 7 rings (SSSR count). The summed E-state index contributed by atoms with van der Waals surface area (Å²) in [6.07, 6.45) is 2.67. The second kappa shape index (κ2) is 18.3. The summed E-state index contributed by atoms with van der Waals surface area (Å²) in [5, 5.41) is 20.9. The molecule has 5 aromatic rings. The minimum absolute atomic E-state index is 0.176. The number of nitrogens with one attached hydrogen (secondary N) is 1. The van der Waals surface area contributed by atoms with Crippen LogP contribution in [0.2, 0.25) is 0 Å². The summed E-state index contributed by atoms with van der Waals surface area (Å²) in [6, 6.07) is 13.3. The first-order valence-electron chi connectivity index (χ1n) is 19.3. The molecule has 1 saturated heterocycles. The number of hydrogen-bond acceptors (Lipinski definition) is 7. The average molecular weight is 746 g/mol. The topological polar surface area (TPSA) is 103 Å². The second-order valence-electron chi connectivity index (χ2n) is 13.9. The van der Waals surface area contributed by atoms with E-state index in [0.717, 1.165) is 55.6 Å². The second-order valence-corrected chi connectivity index (χ2v) is 13.9. The molecule has 1 atom stereocenters. The van der Waals surface area contributed by atoms with Crippen molar-refractivity contribution in [3.8, 4) is 16.9 Å². The lowest BCUT2D eigenvalue weighted by atomic mass is 9.95. The van der Waals surface area contributed by atoms with Crippen LogP contribution in [-0.4, -0.2) is 89.5 Å². The number of fused-ring (bicyclic) bond motifs is 3. The molecule has 0 radical (unpaired) electrons. The molecule has 54 heavy (non-hydrogen) atoms. The highest BCUT2D eigenvalue weighted by Gasteiger charge is 2.32. The van der Waals surface area contributed by atoms with Crippen molar-refractivity contribution in [1.29, 1.82) is 0 Å². The molecule has 3 aromatic carbocycles. The fourth-order valence-corrected chi connectivity index (χ4v) is 7.67. The monoisotopic (exact) mass is 745 g/mol. The molecule has 2 aliphatic heterocycles. The molecule has 10 nitrogen and oxygen atoms in total. The number of aromatic carboxylic acids is 1. The summed E-state index contributed by atoms with van der Waals surface area (Å²) in [5.74, 6) is -1.14. The maximum absolute atomic E-state index is 16.3. The van der Waals surface area contributed by atoms with Gasteiger partial charge in [-0.1, -0.05) is 26.0 Å². The van der Waals surface area contributed by atoms with Gasteiger partial charge in [0.05, 0.1) is 31.0 Å². The van der Waals surface area contributed by atoms with Gasteiger partial charge in [-0.15, -0.1) is 0 Å². The standard InChI is InChI=1S/C38H42F2N4O5.C4H11N/c1-24-33-34-30(40)13-12-29-28(8-6-20-48-31-9-5-7-25-23-26(39)10-11-27(25)31)37(38(45)46)44(36(29)34)15-3-4-19-49-32(35(33)41-42(24)2)14-16-43-17-21-47-22-18-43;1-3-5-4-2/h5,7,9-13,23,32H,3-4,6,8,14-22H2,1-2H3,(H,45,46);5H,3-4H2,1-2H3. The number of aryl methyl sites for hydroxylation is 3. The van der Waals surface area contributed by atoms with Crippen molar-refractivity contribution in [2.75, 3.05) is 59.2 Å². The first-order valence-corrected chi connectivity index (χ1v) is 19.3. The smallest absolute Gasteiger partial charge is 0.352 e. The van der Waals surface area contributed by atoms with Crippen LogP contribution < -0.4 is 10.1 Å². The number of nitrogens with zero attached hydrogens (tertiary/aromatic N) is 4. The molecule has 290 valence electrons. The van der Waals surface area contributed by atoms with Gasteiger partial charge < -0.3 is 29.2 Å². The number of morpholine rings is 1. The number of ether oxygens (including phenoxy) is 3. The van der Waals surface area contributed by atoms with Gasteiger partial charge in [-0.3, -0.25) is 9.58 Å². The van der Waals surface area contributed by atoms with Gasteiger partial charge >= 0.3 is 5.97 Å². The molecule has 2 N–H and O–H groups in total. The van der Waals surface area contributed by atoms with Gasteiger partial charge in [0, 0.05) is 67.4 Å². The predicted octanol–water partition coefficient (Wildman–Crippen LogP) is 7.68. The molecule has 2 aromatic heterocycles. The summed E-state index contributed by atoms with van der Waals surface area (Å²) in [7, 11) is 1.85. The molecule has 1 unspecified atom stereocenters. The van der Waals surface area contributed by atoms with Gasteiger partial charge in [-0.2, -0.15) is 5.10 Å². The highest BCUT2D eigenvalue weighted by atomic mass is 19.1. The van der Waals surface area contributed by atoms with Crippen molar-refractivity contribution >= 4 is 27.6 Å². The SMILES string of the molecule is CCNCC.Cc1c2c(nn1C)C(CCN1CCOCC1)OCCCCn1c(C(=O)O)c(CCCOc3cccc4cc(F)ccc34)c3ccc(F)c-2c31. The maximum atomic E-state index is 16.3. The molecule has 0 saturated carbocycles. The van der Waals surface area contributed by atoms with E-state index in [1.54, 1.807) is 21.4 Å². The number of carbonyl (C=O) groups is 1. The van der Waals surface area contributed by atoms with E-state index in [4.69, 9.17) is 19.3 Å². The zero-order valence-corrected chi connectivity index (χ0v) is 31.9. The molecule has 12 heteroatoms. The van der Waals surface area contributed by atoms with Crippen molar-refractivity contribution in [1.82, 2.24) is 24.6 Å². The molecular weight excluding hydrogens is 692 g/mol. The lowest BCUT2D eigenvalue weighted by molar-refractivity contribution is 0.00973. The lowest BCUT2D eigenvalue weighted by Gasteiger charge is -2.28. The molecular formula is C42H53F2N5O5. The van der Waals surface area contributed by atoms with Gasteiger partial charge in [-0.05, 0) is 99.5 Å². The number of halogens is 2. The Morgan fingerprint density at radius 3 is 2.52 bits per heavy atom. The van der Waals surface area contributed by atoms with Crippen LogP contribution in [0.4, 0.5) is 8.78 Å². The number of benzene rings is 3. The molecule has 0 amide bonds. The third-order valence-electron chi connectivity index (χ3n) is 10.4. The van der Waals surface area contributed by atoms with E-state index in [1.165, 1.54) is 18.2 Å². The van der Waals surface area contributed by atoms with Crippen LogP contribution >= 0.6 is 0 Å². The average Bonchev–Trinajstić information content (AvgIpc) is 3.63. The Kier molecular flexibility index (Phi) is 13.3. The van der Waals surface area contributed by atoms with Crippen molar-refractivity contribution in [3.05, 3.63) is 82.8 Å². The molecule has 0 spiro atoms. The predicted molar refractivity (Wildman–Crippen MR) is 208 cm³/mol. The van der Waals surface area contributed by atoms with Crippen LogP contribution in [0.25, 0.3) is 32.8 Å². The van der Waals surface area contributed by atoms with Crippen molar-refractivity contribution < 1.29 is 32.9 Å². The quantitative estimate of drug-likeness (QED) is 0.133. The number of carboxylic acids is 1. The van der Waals surface area contributed by atoms with Crippen molar-refractivity contribution in [3.63, 3.8) is 0 Å². The molecule has 2 aliphatic rings. The van der Waals surface area contributed by atoms with Gasteiger partial charge in [0.1, 0.15) is 29.2 Å². The van der Waals surface area contributed by atoms with Gasteiger partial charge in [0.25, 0.3) is 0 Å². The first kappa shape index (κ1) is 39.3. The van der Waals surface area contributed by atoms with Crippen LogP contribution in [0.5, 0.6) is 5.75 Å². The summed E-state index contributed by atoms with van der Waals surface area (Å²) in [4.78, 5) is 15.4. The minimum atomic E-state index is -1.05. The zero-order chi connectivity index (χ0) is 38.2. The fourth-order valence-electron chi connectivity index (χ4n) is 7.67. The molecule has 0 aliphatic carbocycles. The van der Waals surface area contributed by atoms with Gasteiger partial charge in [0.2, 0.25) is 0 Å². The summed E-state index contributed by atoms with van der Waals surface area (Å²) >= 11 is 0. The Morgan fingerprint density at radius 1 is 1.00 bits per heavy atom. The molecule has 4 heterocycles. The highest BCUT2D eigenvalue weighted by molar-refractivity contribution is 6.04. The Bertz CT molecular complexity index is 2050. The van der Waals surface area contributed by atoms with E-state index in [-0.39, 0.29) is 17.6 Å². The Hall–Kier alpha value is -4.36. The third-order valence-corrected chi connectivity index (χ3v) is 10.4. The van der Waals surface area contributed by atoms with E-state index in [1.807, 2.05) is 32.2 Å². The minimum Gasteiger partial charge on any atom is -0.493 e. The summed E-state index contributed by atoms with van der Waals surface area (Å²) in [5.41, 5.74) is 3.91. The zero-order valence-electron chi connectivity index (χ0n) is 31.9. The number of carboxylic acid groups (broad SMARTS) is 1. The number of aromatic nitrogens is 3. The van der Waals surface area contributed by atoms with Crippen LogP contribution in [-0.2, 0) is 29.5 Å². The third kappa shape index (κ3) is 8.62. The molecule has 1 fully saturated rings. The maximum Gasteiger partial charge on any atom is 0.352 e. The normalized spacial score (nSPS) is 16.4. The fraction of sp³-hybridized carbons (Fsp3) is 0.476. The van der Waals surface area contributed by atoms with E-state index in [9.17, 15) is 14.3 Å². The van der Waals surface area contributed by atoms with Crippen LogP contribution in [0, 0.1) is 18.6 Å². The highest BCUT2D eigenvalue weighted by Crippen LogP contribution is 2.43. The van der Waals surface area contributed by atoms with E-state index < -0.39 is 11.8 Å². The number of rotatable bonds is 11. The molecule has 0 bridgehead atoms. The van der Waals surface area contributed by atoms with E-state index >= 15 is 4.39 Å². The van der Waals surface area contributed by atoms with E-state index in [0.29, 0.717) is 97.7 Å². The Morgan fingerprint density at radius 2 is 1.78 bits per heavy atom. The van der Waals surface area contributed by atoms with Gasteiger partial charge in [0.15, 0.2) is 0 Å². The Balaban J connectivity index is 0.000000934. The van der Waals surface area contributed by atoms with Crippen molar-refractivity contribution in [2.24, 2.45) is 7.05 Å². The summed E-state index contributed by atoms with van der Waals surface area (Å²) < 4.78 is 51.9. The van der Waals surface area contributed by atoms with Gasteiger partial charge in [-0.25, -0.2) is 13.6 Å².